The highest BCUT2D eigenvalue weighted by Gasteiger charge is 2.47. The monoisotopic (exact) mass is 349 g/mol. The fraction of sp³-hybridized carbons (Fsp3) is 0.316. The van der Waals surface area contributed by atoms with Crippen molar-refractivity contribution in [3.8, 4) is 0 Å². The Hall–Kier alpha value is -2.34. The fourth-order valence-corrected chi connectivity index (χ4v) is 3.24. The summed E-state index contributed by atoms with van der Waals surface area (Å²) in [7, 11) is 0. The van der Waals surface area contributed by atoms with Crippen LogP contribution in [0.2, 0.25) is 0 Å². The van der Waals surface area contributed by atoms with E-state index in [-0.39, 0.29) is 17.7 Å². The maximum absolute atomic E-state index is 14.1. The van der Waals surface area contributed by atoms with Crippen molar-refractivity contribution < 1.29 is 23.1 Å². The second-order valence-corrected chi connectivity index (χ2v) is 6.31. The highest BCUT2D eigenvalue weighted by molar-refractivity contribution is 5.89. The van der Waals surface area contributed by atoms with Gasteiger partial charge >= 0.3 is 0 Å². The Balaban J connectivity index is 1.74. The lowest BCUT2D eigenvalue weighted by molar-refractivity contribution is -0.130. The Labute approximate surface area is 143 Å². The first-order valence-corrected chi connectivity index (χ1v) is 8.10. The zero-order valence-electron chi connectivity index (χ0n) is 13.4. The zero-order chi connectivity index (χ0) is 18.0. The third-order valence-corrected chi connectivity index (χ3v) is 4.81. The molecule has 1 fully saturated rings. The van der Waals surface area contributed by atoms with Gasteiger partial charge in [0.05, 0.1) is 11.5 Å². The van der Waals surface area contributed by atoms with Gasteiger partial charge in [0.25, 0.3) is 0 Å². The predicted octanol–water partition coefficient (Wildman–Crippen LogP) is 3.38. The number of rotatable bonds is 5. The summed E-state index contributed by atoms with van der Waals surface area (Å²) in [5.74, 6) is -2.47. The normalized spacial score (nSPS) is 16.8. The van der Waals surface area contributed by atoms with Gasteiger partial charge in [-0.25, -0.2) is 13.2 Å². The maximum atomic E-state index is 14.1. The van der Waals surface area contributed by atoms with Gasteiger partial charge in [0.2, 0.25) is 5.91 Å². The van der Waals surface area contributed by atoms with Gasteiger partial charge in [-0.3, -0.25) is 4.79 Å². The number of aliphatic hydroxyl groups excluding tert-OH is 1. The Bertz CT molecular complexity index is 790. The number of amides is 1. The van der Waals surface area contributed by atoms with Crippen molar-refractivity contribution in [2.24, 2.45) is 0 Å². The van der Waals surface area contributed by atoms with Gasteiger partial charge in [-0.1, -0.05) is 30.7 Å². The lowest BCUT2D eigenvalue weighted by atomic mass is 9.63. The maximum Gasteiger partial charge on any atom is 0.230 e. The molecule has 0 heterocycles. The third-order valence-electron chi connectivity index (χ3n) is 4.81. The van der Waals surface area contributed by atoms with Gasteiger partial charge in [0.15, 0.2) is 0 Å². The Morgan fingerprint density at radius 3 is 2.44 bits per heavy atom. The minimum absolute atomic E-state index is 0.0819. The van der Waals surface area contributed by atoms with E-state index in [1.165, 1.54) is 24.3 Å². The quantitative estimate of drug-likeness (QED) is 0.869. The molecule has 0 saturated heterocycles. The van der Waals surface area contributed by atoms with Gasteiger partial charge in [-0.2, -0.15) is 0 Å². The van der Waals surface area contributed by atoms with Crippen molar-refractivity contribution in [3.05, 3.63) is 71.0 Å². The average molecular weight is 349 g/mol. The Kier molecular flexibility index (Phi) is 4.81. The standard InChI is InChI=1S/C19H18F3NO2/c20-12-6-7-14(16(22)10-12)19(8-3-9-19)18(25)23-11-17(24)13-4-1-2-5-15(13)21/h1-2,4-7,10,17,24H,3,8-9,11H2,(H,23,25). The SMILES string of the molecule is O=C(NCC(O)c1ccccc1F)C1(c2ccc(F)cc2F)CCC1. The van der Waals surface area contributed by atoms with E-state index in [0.717, 1.165) is 18.6 Å². The number of carbonyl (C=O) groups excluding carboxylic acids is 1. The first-order valence-electron chi connectivity index (χ1n) is 8.10. The molecule has 1 aliphatic carbocycles. The van der Waals surface area contributed by atoms with E-state index in [1.54, 1.807) is 6.07 Å². The van der Waals surface area contributed by atoms with Crippen molar-refractivity contribution in [2.45, 2.75) is 30.8 Å². The topological polar surface area (TPSA) is 49.3 Å². The van der Waals surface area contributed by atoms with Crippen LogP contribution in [-0.4, -0.2) is 17.6 Å². The molecule has 0 bridgehead atoms. The summed E-state index contributed by atoms with van der Waals surface area (Å²) in [4.78, 5) is 12.6. The molecule has 3 rings (SSSR count). The molecule has 3 nitrogen and oxygen atoms in total. The van der Waals surface area contributed by atoms with Crippen LogP contribution >= 0.6 is 0 Å². The summed E-state index contributed by atoms with van der Waals surface area (Å²) in [6, 6.07) is 8.93. The molecular weight excluding hydrogens is 331 g/mol. The fourth-order valence-electron chi connectivity index (χ4n) is 3.24. The molecule has 0 aromatic heterocycles. The minimum Gasteiger partial charge on any atom is -0.386 e. The number of aliphatic hydroxyl groups is 1. The van der Waals surface area contributed by atoms with Crippen LogP contribution in [0.3, 0.4) is 0 Å². The van der Waals surface area contributed by atoms with Crippen molar-refractivity contribution in [3.63, 3.8) is 0 Å². The van der Waals surface area contributed by atoms with E-state index in [9.17, 15) is 23.1 Å². The number of halogens is 3. The van der Waals surface area contributed by atoms with Crippen LogP contribution in [0.4, 0.5) is 13.2 Å². The number of carbonyl (C=O) groups is 1. The second kappa shape index (κ2) is 6.88. The molecule has 0 aliphatic heterocycles. The number of hydrogen-bond acceptors (Lipinski definition) is 2. The molecule has 1 unspecified atom stereocenters. The Morgan fingerprint density at radius 1 is 1.12 bits per heavy atom. The lowest BCUT2D eigenvalue weighted by Gasteiger charge is -2.41. The van der Waals surface area contributed by atoms with E-state index in [2.05, 4.69) is 5.32 Å². The van der Waals surface area contributed by atoms with Crippen LogP contribution < -0.4 is 5.32 Å². The molecule has 1 amide bonds. The van der Waals surface area contributed by atoms with Gasteiger partial charge < -0.3 is 10.4 Å². The molecule has 1 atom stereocenters. The highest BCUT2D eigenvalue weighted by atomic mass is 19.1. The molecular formula is C19H18F3NO2. The summed E-state index contributed by atoms with van der Waals surface area (Å²) in [5.41, 5.74) is -0.830. The molecule has 1 saturated carbocycles. The first-order chi connectivity index (χ1) is 11.9. The number of hydrogen-bond donors (Lipinski definition) is 2. The van der Waals surface area contributed by atoms with E-state index in [1.807, 2.05) is 0 Å². The molecule has 6 heteroatoms. The molecule has 132 valence electrons. The molecule has 2 N–H and O–H groups in total. The van der Waals surface area contributed by atoms with Crippen LogP contribution in [0, 0.1) is 17.5 Å². The van der Waals surface area contributed by atoms with Crippen LogP contribution in [0.1, 0.15) is 36.5 Å². The zero-order valence-corrected chi connectivity index (χ0v) is 13.4. The minimum atomic E-state index is -1.21. The van der Waals surface area contributed by atoms with Gasteiger partial charge in [-0.15, -0.1) is 0 Å². The van der Waals surface area contributed by atoms with Crippen LogP contribution in [0.25, 0.3) is 0 Å². The van der Waals surface area contributed by atoms with Crippen LogP contribution in [-0.2, 0) is 10.2 Å². The molecule has 25 heavy (non-hydrogen) atoms. The van der Waals surface area contributed by atoms with Crippen molar-refractivity contribution in [1.82, 2.24) is 5.32 Å². The van der Waals surface area contributed by atoms with Gasteiger partial charge in [-0.05, 0) is 25.0 Å². The summed E-state index contributed by atoms with van der Waals surface area (Å²) in [5, 5.41) is 12.7. The number of benzene rings is 2. The van der Waals surface area contributed by atoms with Crippen LogP contribution in [0.5, 0.6) is 0 Å². The summed E-state index contributed by atoms with van der Waals surface area (Å²) >= 11 is 0. The predicted molar refractivity (Wildman–Crippen MR) is 86.3 cm³/mol. The first kappa shape index (κ1) is 17.5. The van der Waals surface area contributed by atoms with Gasteiger partial charge in [0.1, 0.15) is 17.5 Å². The smallest absolute Gasteiger partial charge is 0.230 e. The summed E-state index contributed by atoms with van der Waals surface area (Å²) in [6.45, 7) is -0.190. The second-order valence-electron chi connectivity index (χ2n) is 6.31. The van der Waals surface area contributed by atoms with Crippen molar-refractivity contribution in [1.29, 1.82) is 0 Å². The summed E-state index contributed by atoms with van der Waals surface area (Å²) in [6.07, 6.45) is 0.425. The van der Waals surface area contributed by atoms with Crippen molar-refractivity contribution in [2.75, 3.05) is 6.54 Å². The number of nitrogens with one attached hydrogen (secondary N) is 1. The van der Waals surface area contributed by atoms with E-state index >= 15 is 0 Å². The lowest BCUT2D eigenvalue weighted by Crippen LogP contribution is -2.50. The van der Waals surface area contributed by atoms with E-state index < -0.39 is 34.9 Å². The third kappa shape index (κ3) is 3.26. The van der Waals surface area contributed by atoms with Crippen molar-refractivity contribution >= 4 is 5.91 Å². The highest BCUT2D eigenvalue weighted by Crippen LogP contribution is 2.45. The summed E-state index contributed by atoms with van der Waals surface area (Å²) < 4.78 is 40.9. The molecule has 2 aromatic rings. The molecule has 0 spiro atoms. The van der Waals surface area contributed by atoms with E-state index in [0.29, 0.717) is 12.8 Å². The Morgan fingerprint density at radius 2 is 1.84 bits per heavy atom. The largest absolute Gasteiger partial charge is 0.386 e. The van der Waals surface area contributed by atoms with Crippen LogP contribution in [0.15, 0.2) is 42.5 Å². The molecule has 2 aromatic carbocycles. The molecule has 1 aliphatic rings. The average Bonchev–Trinajstić information content (AvgIpc) is 2.54. The molecule has 0 radical (unpaired) electrons. The van der Waals surface area contributed by atoms with Gasteiger partial charge in [0, 0.05) is 23.7 Å². The van der Waals surface area contributed by atoms with E-state index in [4.69, 9.17) is 0 Å².